The molecule has 1 aromatic heterocycles. The summed E-state index contributed by atoms with van der Waals surface area (Å²) in [5, 5.41) is 3.31. The molecule has 3 rings (SSSR count). The zero-order valence-electron chi connectivity index (χ0n) is 15.3. The van der Waals surface area contributed by atoms with Gasteiger partial charge in [-0.1, -0.05) is 17.7 Å². The number of rotatable bonds is 4. The predicted molar refractivity (Wildman–Crippen MR) is 99.5 cm³/mol. The van der Waals surface area contributed by atoms with Crippen LogP contribution in [-0.4, -0.2) is 58.3 Å². The molecule has 0 saturated carbocycles. The van der Waals surface area contributed by atoms with Crippen molar-refractivity contribution < 1.29 is 9.59 Å². The minimum atomic E-state index is -0.140. The highest BCUT2D eigenvalue weighted by Crippen LogP contribution is 2.25. The SMILES string of the molecule is Cc1cc(C)c(Nc2cc(C(=O)N3CCN(C=O)CC3)ncn2)c(C)c1. The zero-order chi connectivity index (χ0) is 18.7. The van der Waals surface area contributed by atoms with E-state index in [9.17, 15) is 9.59 Å². The minimum absolute atomic E-state index is 0.140. The standard InChI is InChI=1S/C19H23N5O2/c1-13-8-14(2)18(15(3)9-13)22-17-10-16(20-11-21-17)19(26)24-6-4-23(12-25)5-7-24/h8-12H,4-7H2,1-3H3,(H,20,21,22). The van der Waals surface area contributed by atoms with Crippen molar-refractivity contribution in [2.75, 3.05) is 31.5 Å². The van der Waals surface area contributed by atoms with E-state index in [0.29, 0.717) is 37.7 Å². The van der Waals surface area contributed by atoms with E-state index in [4.69, 9.17) is 0 Å². The highest BCUT2D eigenvalue weighted by molar-refractivity contribution is 5.93. The lowest BCUT2D eigenvalue weighted by Gasteiger charge is -2.32. The predicted octanol–water partition coefficient (Wildman–Crippen LogP) is 2.06. The van der Waals surface area contributed by atoms with Gasteiger partial charge in [0.05, 0.1) is 0 Å². The van der Waals surface area contributed by atoms with E-state index in [1.807, 2.05) is 13.8 Å². The van der Waals surface area contributed by atoms with Gasteiger partial charge in [0, 0.05) is 37.9 Å². The molecule has 0 atom stereocenters. The molecule has 26 heavy (non-hydrogen) atoms. The van der Waals surface area contributed by atoms with Crippen molar-refractivity contribution in [3.8, 4) is 0 Å². The summed E-state index contributed by atoms with van der Waals surface area (Å²) in [7, 11) is 0. The van der Waals surface area contributed by atoms with Gasteiger partial charge in [-0.2, -0.15) is 0 Å². The largest absolute Gasteiger partial charge is 0.342 e. The number of anilines is 2. The molecule has 2 aromatic rings. The Hall–Kier alpha value is -2.96. The van der Waals surface area contributed by atoms with Gasteiger partial charge < -0.3 is 15.1 Å². The van der Waals surface area contributed by atoms with E-state index in [1.165, 1.54) is 11.9 Å². The molecule has 0 spiro atoms. The number of carbonyl (C=O) groups is 2. The number of carbonyl (C=O) groups excluding carboxylic acids is 2. The number of nitrogens with zero attached hydrogens (tertiary/aromatic N) is 4. The van der Waals surface area contributed by atoms with Crippen molar-refractivity contribution in [2.24, 2.45) is 0 Å². The zero-order valence-corrected chi connectivity index (χ0v) is 15.3. The van der Waals surface area contributed by atoms with Gasteiger partial charge in [0.2, 0.25) is 6.41 Å². The average Bonchev–Trinajstić information content (AvgIpc) is 2.64. The number of nitrogens with one attached hydrogen (secondary N) is 1. The molecule has 0 unspecified atom stereocenters. The number of aromatic nitrogens is 2. The number of benzene rings is 1. The Kier molecular flexibility index (Phi) is 5.16. The third-order valence-electron chi connectivity index (χ3n) is 4.57. The first kappa shape index (κ1) is 17.8. The molecular weight excluding hydrogens is 330 g/mol. The van der Waals surface area contributed by atoms with Crippen molar-refractivity contribution in [2.45, 2.75) is 20.8 Å². The van der Waals surface area contributed by atoms with E-state index in [1.54, 1.807) is 15.9 Å². The first-order valence-electron chi connectivity index (χ1n) is 8.63. The quantitative estimate of drug-likeness (QED) is 0.851. The van der Waals surface area contributed by atoms with Crippen LogP contribution in [0.4, 0.5) is 11.5 Å². The van der Waals surface area contributed by atoms with Crippen LogP contribution in [0.5, 0.6) is 0 Å². The molecule has 1 saturated heterocycles. The van der Waals surface area contributed by atoms with Gasteiger partial charge in [0.15, 0.2) is 0 Å². The lowest BCUT2D eigenvalue weighted by molar-refractivity contribution is -0.119. The second kappa shape index (κ2) is 7.51. The summed E-state index contributed by atoms with van der Waals surface area (Å²) in [5.41, 5.74) is 4.80. The molecule has 0 bridgehead atoms. The van der Waals surface area contributed by atoms with Crippen LogP contribution in [-0.2, 0) is 4.79 Å². The van der Waals surface area contributed by atoms with Gasteiger partial charge in [-0.05, 0) is 31.9 Å². The molecule has 0 radical (unpaired) electrons. The van der Waals surface area contributed by atoms with E-state index in [2.05, 4.69) is 34.3 Å². The fourth-order valence-corrected chi connectivity index (χ4v) is 3.24. The van der Waals surface area contributed by atoms with Crippen LogP contribution in [0.15, 0.2) is 24.5 Å². The third kappa shape index (κ3) is 3.82. The lowest BCUT2D eigenvalue weighted by Crippen LogP contribution is -2.48. The van der Waals surface area contributed by atoms with Gasteiger partial charge >= 0.3 is 0 Å². The maximum Gasteiger partial charge on any atom is 0.272 e. The Morgan fingerprint density at radius 3 is 2.31 bits per heavy atom. The molecule has 0 aliphatic carbocycles. The topological polar surface area (TPSA) is 78.4 Å². The van der Waals surface area contributed by atoms with Gasteiger partial charge in [-0.15, -0.1) is 0 Å². The summed E-state index contributed by atoms with van der Waals surface area (Å²) in [5.74, 6) is 0.447. The first-order valence-corrected chi connectivity index (χ1v) is 8.63. The highest BCUT2D eigenvalue weighted by Gasteiger charge is 2.22. The van der Waals surface area contributed by atoms with Crippen molar-refractivity contribution >= 4 is 23.8 Å². The van der Waals surface area contributed by atoms with Crippen LogP contribution in [0.1, 0.15) is 27.2 Å². The molecule has 2 heterocycles. The summed E-state index contributed by atoms with van der Waals surface area (Å²) < 4.78 is 0. The van der Waals surface area contributed by atoms with Crippen LogP contribution < -0.4 is 5.32 Å². The molecule has 1 aliphatic heterocycles. The number of piperazine rings is 1. The Labute approximate surface area is 153 Å². The highest BCUT2D eigenvalue weighted by atomic mass is 16.2. The molecule has 1 N–H and O–H groups in total. The van der Waals surface area contributed by atoms with Crippen LogP contribution in [0.25, 0.3) is 0 Å². The van der Waals surface area contributed by atoms with Crippen molar-refractivity contribution in [1.82, 2.24) is 19.8 Å². The van der Waals surface area contributed by atoms with Crippen LogP contribution in [0.3, 0.4) is 0 Å². The molecule has 136 valence electrons. The second-order valence-corrected chi connectivity index (χ2v) is 6.62. The molecule has 1 aliphatic rings. The number of amides is 2. The smallest absolute Gasteiger partial charge is 0.272 e. The maximum absolute atomic E-state index is 12.7. The molecule has 1 aromatic carbocycles. The number of hydrogen-bond acceptors (Lipinski definition) is 5. The van der Waals surface area contributed by atoms with E-state index in [0.717, 1.165) is 23.2 Å². The van der Waals surface area contributed by atoms with Crippen molar-refractivity contribution in [3.63, 3.8) is 0 Å². The summed E-state index contributed by atoms with van der Waals surface area (Å²) in [6, 6.07) is 5.89. The average molecular weight is 353 g/mol. The van der Waals surface area contributed by atoms with Gasteiger partial charge in [0.1, 0.15) is 17.8 Å². The minimum Gasteiger partial charge on any atom is -0.342 e. The summed E-state index contributed by atoms with van der Waals surface area (Å²) in [6.45, 7) is 8.28. The second-order valence-electron chi connectivity index (χ2n) is 6.62. The number of aryl methyl sites for hydroxylation is 3. The van der Waals surface area contributed by atoms with Gasteiger partial charge in [0.25, 0.3) is 5.91 Å². The van der Waals surface area contributed by atoms with Gasteiger partial charge in [-0.25, -0.2) is 9.97 Å². The van der Waals surface area contributed by atoms with Crippen molar-refractivity contribution in [3.05, 3.63) is 46.9 Å². The molecule has 1 fully saturated rings. The van der Waals surface area contributed by atoms with Crippen LogP contribution in [0.2, 0.25) is 0 Å². The monoisotopic (exact) mass is 353 g/mol. The van der Waals surface area contributed by atoms with Gasteiger partial charge in [-0.3, -0.25) is 9.59 Å². The fourth-order valence-electron chi connectivity index (χ4n) is 3.24. The Morgan fingerprint density at radius 2 is 1.69 bits per heavy atom. The summed E-state index contributed by atoms with van der Waals surface area (Å²) >= 11 is 0. The van der Waals surface area contributed by atoms with E-state index < -0.39 is 0 Å². The van der Waals surface area contributed by atoms with Crippen LogP contribution in [0, 0.1) is 20.8 Å². The van der Waals surface area contributed by atoms with Crippen LogP contribution >= 0.6 is 0 Å². The lowest BCUT2D eigenvalue weighted by atomic mass is 10.1. The Balaban J connectivity index is 1.76. The molecular formula is C19H23N5O2. The maximum atomic E-state index is 12.7. The first-order chi connectivity index (χ1) is 12.5. The molecule has 7 heteroatoms. The normalized spacial score (nSPS) is 14.3. The van der Waals surface area contributed by atoms with E-state index in [-0.39, 0.29) is 5.91 Å². The molecule has 7 nitrogen and oxygen atoms in total. The molecule has 2 amide bonds. The van der Waals surface area contributed by atoms with E-state index >= 15 is 0 Å². The Morgan fingerprint density at radius 1 is 1.04 bits per heavy atom. The van der Waals surface area contributed by atoms with Crippen molar-refractivity contribution in [1.29, 1.82) is 0 Å². The fraction of sp³-hybridized carbons (Fsp3) is 0.368. The summed E-state index contributed by atoms with van der Waals surface area (Å²) in [4.78, 5) is 35.2. The number of hydrogen-bond donors (Lipinski definition) is 1. The summed E-state index contributed by atoms with van der Waals surface area (Å²) in [6.07, 6.45) is 2.22. The Bertz CT molecular complexity index is 805. The third-order valence-corrected chi connectivity index (χ3v) is 4.57.